The van der Waals surface area contributed by atoms with E-state index >= 15 is 0 Å². The Kier molecular flexibility index (Phi) is 4.04. The molecule has 0 saturated heterocycles. The quantitative estimate of drug-likeness (QED) is 0.888. The van der Waals surface area contributed by atoms with E-state index in [1.54, 1.807) is 22.7 Å². The van der Waals surface area contributed by atoms with Crippen molar-refractivity contribution in [1.82, 2.24) is 15.5 Å². The minimum absolute atomic E-state index is 0.297. The Labute approximate surface area is 104 Å². The molecule has 86 valence electrons. The predicted molar refractivity (Wildman–Crippen MR) is 69.9 cm³/mol. The molecule has 0 amide bonds. The molecule has 16 heavy (non-hydrogen) atoms. The zero-order valence-electron chi connectivity index (χ0n) is 9.43. The molecule has 0 aliphatic rings. The Bertz CT molecular complexity index is 422. The maximum Gasteiger partial charge on any atom is 0.157 e. The number of hydrogen-bond acceptors (Lipinski definition) is 5. The number of thiophene rings is 1. The van der Waals surface area contributed by atoms with E-state index < -0.39 is 0 Å². The highest BCUT2D eigenvalue weighted by Gasteiger charge is 2.12. The maximum absolute atomic E-state index is 4.24. The molecule has 1 atom stereocenters. The first kappa shape index (κ1) is 11.7. The maximum atomic E-state index is 4.24. The normalized spacial score (nSPS) is 12.9. The molecule has 5 heteroatoms. The second kappa shape index (κ2) is 5.52. The number of nitrogens with zero attached hydrogens (tertiary/aromatic N) is 2. The average molecular weight is 253 g/mol. The molecular formula is C11H15N3S2. The lowest BCUT2D eigenvalue weighted by atomic mass is 10.3. The molecule has 2 heterocycles. The fourth-order valence-electron chi connectivity index (χ4n) is 1.36. The number of hydrogen-bond donors (Lipinski definition) is 1. The molecule has 0 bridgehead atoms. The zero-order valence-corrected chi connectivity index (χ0v) is 11.1. The van der Waals surface area contributed by atoms with Gasteiger partial charge in [0.1, 0.15) is 5.01 Å². The van der Waals surface area contributed by atoms with E-state index in [9.17, 15) is 0 Å². The summed E-state index contributed by atoms with van der Waals surface area (Å²) in [6.07, 6.45) is 1.14. The molecule has 0 spiro atoms. The summed E-state index contributed by atoms with van der Waals surface area (Å²) in [5.41, 5.74) is 0. The second-order valence-electron chi connectivity index (χ2n) is 3.60. The number of rotatable bonds is 5. The summed E-state index contributed by atoms with van der Waals surface area (Å²) in [5.74, 6) is 0. The fraction of sp³-hybridized carbons (Fsp3) is 0.455. The van der Waals surface area contributed by atoms with Gasteiger partial charge in [-0.15, -0.1) is 21.5 Å². The molecule has 2 aromatic rings. The Morgan fingerprint density at radius 2 is 2.31 bits per heavy atom. The van der Waals surface area contributed by atoms with Gasteiger partial charge < -0.3 is 5.32 Å². The molecule has 0 aromatic carbocycles. The molecule has 1 N–H and O–H groups in total. The van der Waals surface area contributed by atoms with Gasteiger partial charge in [-0.2, -0.15) is 0 Å². The van der Waals surface area contributed by atoms with Crippen LogP contribution in [0.2, 0.25) is 0 Å². The highest BCUT2D eigenvalue weighted by atomic mass is 32.1. The first-order chi connectivity index (χ1) is 7.81. The van der Waals surface area contributed by atoms with Crippen LogP contribution >= 0.6 is 22.7 Å². The van der Waals surface area contributed by atoms with Gasteiger partial charge in [-0.1, -0.05) is 24.3 Å². The fourth-order valence-corrected chi connectivity index (χ4v) is 3.02. The molecule has 2 aromatic heterocycles. The minimum Gasteiger partial charge on any atom is -0.308 e. The van der Waals surface area contributed by atoms with E-state index in [0.717, 1.165) is 23.0 Å². The predicted octanol–water partition coefficient (Wildman–Crippen LogP) is 3.33. The van der Waals surface area contributed by atoms with Gasteiger partial charge in [0.2, 0.25) is 0 Å². The van der Waals surface area contributed by atoms with Crippen molar-refractivity contribution in [3.63, 3.8) is 0 Å². The lowest BCUT2D eigenvalue weighted by molar-refractivity contribution is 0.564. The van der Waals surface area contributed by atoms with E-state index in [2.05, 4.69) is 40.8 Å². The summed E-state index contributed by atoms with van der Waals surface area (Å²) >= 11 is 3.38. The van der Waals surface area contributed by atoms with Crippen LogP contribution in [0.1, 0.15) is 31.3 Å². The zero-order chi connectivity index (χ0) is 11.4. The number of aromatic nitrogens is 2. The first-order valence-corrected chi connectivity index (χ1v) is 7.11. The van der Waals surface area contributed by atoms with Crippen LogP contribution in [0.5, 0.6) is 0 Å². The average Bonchev–Trinajstić information content (AvgIpc) is 2.94. The van der Waals surface area contributed by atoms with Crippen molar-refractivity contribution in [2.45, 2.75) is 26.3 Å². The van der Waals surface area contributed by atoms with Crippen LogP contribution < -0.4 is 5.32 Å². The van der Waals surface area contributed by atoms with Crippen molar-refractivity contribution < 1.29 is 0 Å². The van der Waals surface area contributed by atoms with E-state index in [1.807, 2.05) is 6.07 Å². The van der Waals surface area contributed by atoms with E-state index in [4.69, 9.17) is 0 Å². The third-order valence-corrected chi connectivity index (χ3v) is 4.39. The lowest BCUT2D eigenvalue weighted by Crippen LogP contribution is -2.18. The summed E-state index contributed by atoms with van der Waals surface area (Å²) in [4.78, 5) is 1.20. The largest absolute Gasteiger partial charge is 0.308 e. The van der Waals surface area contributed by atoms with E-state index in [1.165, 1.54) is 4.88 Å². The first-order valence-electron chi connectivity index (χ1n) is 5.42. The van der Waals surface area contributed by atoms with Crippen LogP contribution in [0.3, 0.4) is 0 Å². The Morgan fingerprint density at radius 3 is 3.00 bits per heavy atom. The van der Waals surface area contributed by atoms with Gasteiger partial charge in [0.15, 0.2) is 5.01 Å². The summed E-state index contributed by atoms with van der Waals surface area (Å²) in [6.45, 7) is 5.32. The Balaban J connectivity index is 2.07. The molecule has 0 aliphatic heterocycles. The third kappa shape index (κ3) is 2.66. The second-order valence-corrected chi connectivity index (χ2v) is 5.56. The molecule has 0 fully saturated rings. The summed E-state index contributed by atoms with van der Waals surface area (Å²) in [7, 11) is 0. The highest BCUT2D eigenvalue weighted by molar-refractivity contribution is 7.20. The van der Waals surface area contributed by atoms with Crippen molar-refractivity contribution in [1.29, 1.82) is 0 Å². The van der Waals surface area contributed by atoms with Crippen molar-refractivity contribution in [2.24, 2.45) is 0 Å². The van der Waals surface area contributed by atoms with Crippen molar-refractivity contribution in [2.75, 3.05) is 6.54 Å². The third-order valence-electron chi connectivity index (χ3n) is 2.24. The van der Waals surface area contributed by atoms with Crippen LogP contribution in [0.4, 0.5) is 0 Å². The topological polar surface area (TPSA) is 37.8 Å². The van der Waals surface area contributed by atoms with Gasteiger partial charge >= 0.3 is 0 Å². The van der Waals surface area contributed by atoms with Gasteiger partial charge in [-0.25, -0.2) is 0 Å². The molecular weight excluding hydrogens is 238 g/mol. The molecule has 0 aliphatic carbocycles. The standard InChI is InChI=1S/C11H15N3S2/c1-3-6-12-8(2)10-13-14-11(16-10)9-5-4-7-15-9/h4-5,7-8,12H,3,6H2,1-2H3. The monoisotopic (exact) mass is 253 g/mol. The Morgan fingerprint density at radius 1 is 1.44 bits per heavy atom. The van der Waals surface area contributed by atoms with E-state index in [0.29, 0.717) is 6.04 Å². The van der Waals surface area contributed by atoms with Gasteiger partial charge in [0.25, 0.3) is 0 Å². The molecule has 3 nitrogen and oxygen atoms in total. The van der Waals surface area contributed by atoms with Gasteiger partial charge in [0, 0.05) is 0 Å². The van der Waals surface area contributed by atoms with Crippen LogP contribution in [-0.2, 0) is 0 Å². The number of nitrogens with one attached hydrogen (secondary N) is 1. The summed E-state index contributed by atoms with van der Waals surface area (Å²) < 4.78 is 0. The van der Waals surface area contributed by atoms with Crippen LogP contribution in [0.25, 0.3) is 9.88 Å². The Hall–Kier alpha value is -0.780. The minimum atomic E-state index is 0.297. The van der Waals surface area contributed by atoms with Crippen LogP contribution in [0.15, 0.2) is 17.5 Å². The highest BCUT2D eigenvalue weighted by Crippen LogP contribution is 2.29. The van der Waals surface area contributed by atoms with E-state index in [-0.39, 0.29) is 0 Å². The van der Waals surface area contributed by atoms with Crippen LogP contribution in [0, 0.1) is 0 Å². The molecule has 0 radical (unpaired) electrons. The van der Waals surface area contributed by atoms with Crippen LogP contribution in [-0.4, -0.2) is 16.7 Å². The molecule has 1 unspecified atom stereocenters. The summed E-state index contributed by atoms with van der Waals surface area (Å²) in [6, 6.07) is 4.42. The smallest absolute Gasteiger partial charge is 0.157 e. The lowest BCUT2D eigenvalue weighted by Gasteiger charge is -2.08. The SMILES string of the molecule is CCCNC(C)c1nnc(-c2cccs2)s1. The van der Waals surface area contributed by atoms with Gasteiger partial charge in [-0.05, 0) is 31.3 Å². The van der Waals surface area contributed by atoms with Crippen molar-refractivity contribution in [3.8, 4) is 9.88 Å². The summed E-state index contributed by atoms with van der Waals surface area (Å²) in [5, 5.41) is 16.0. The molecule has 0 saturated carbocycles. The van der Waals surface area contributed by atoms with Gasteiger partial charge in [-0.3, -0.25) is 0 Å². The van der Waals surface area contributed by atoms with Gasteiger partial charge in [0.05, 0.1) is 10.9 Å². The molecule has 2 rings (SSSR count). The van der Waals surface area contributed by atoms with Crippen molar-refractivity contribution >= 4 is 22.7 Å². The van der Waals surface area contributed by atoms with Crippen molar-refractivity contribution in [3.05, 3.63) is 22.5 Å².